The van der Waals surface area contributed by atoms with E-state index in [1.165, 1.54) is 17.4 Å². The van der Waals surface area contributed by atoms with E-state index in [9.17, 15) is 14.0 Å². The normalized spacial score (nSPS) is 16.9. The molecule has 1 aliphatic rings. The van der Waals surface area contributed by atoms with Crippen LogP contribution in [0.15, 0.2) is 29.6 Å². The third-order valence-electron chi connectivity index (χ3n) is 4.84. The largest absolute Gasteiger partial charge is 0.444 e. The van der Waals surface area contributed by atoms with E-state index in [0.717, 1.165) is 19.3 Å². The molecule has 1 N–H and O–H groups in total. The Labute approximate surface area is 180 Å². The first kappa shape index (κ1) is 22.2. The zero-order valence-corrected chi connectivity index (χ0v) is 18.4. The first-order valence-electron chi connectivity index (χ1n) is 10.2. The maximum atomic E-state index is 13.9. The number of nitrogens with zero attached hydrogens (tertiary/aromatic N) is 2. The molecule has 2 amide bonds. The van der Waals surface area contributed by atoms with Gasteiger partial charge in [0.2, 0.25) is 0 Å². The molecule has 1 fully saturated rings. The number of piperidine rings is 1. The summed E-state index contributed by atoms with van der Waals surface area (Å²) in [6.45, 7) is 6.39. The summed E-state index contributed by atoms with van der Waals surface area (Å²) in [5.41, 5.74) is 0.361. The van der Waals surface area contributed by atoms with Crippen LogP contribution in [0.3, 0.4) is 0 Å². The van der Waals surface area contributed by atoms with Crippen LogP contribution < -0.4 is 5.32 Å². The number of hydrogen-bond donors (Lipinski definition) is 1. The first-order chi connectivity index (χ1) is 14.2. The fourth-order valence-electron chi connectivity index (χ4n) is 3.44. The number of aromatic nitrogens is 1. The van der Waals surface area contributed by atoms with E-state index < -0.39 is 11.7 Å². The summed E-state index contributed by atoms with van der Waals surface area (Å²) in [5, 5.41) is 5.20. The molecule has 2 aromatic rings. The third-order valence-corrected chi connectivity index (χ3v) is 5.69. The summed E-state index contributed by atoms with van der Waals surface area (Å²) in [6.07, 6.45) is 2.60. The van der Waals surface area contributed by atoms with Crippen molar-refractivity contribution in [3.63, 3.8) is 0 Å². The zero-order valence-electron chi connectivity index (χ0n) is 17.6. The second kappa shape index (κ2) is 9.55. The van der Waals surface area contributed by atoms with Gasteiger partial charge in [0.25, 0.3) is 5.91 Å². The number of alkyl carbamates (subject to hydrolysis) is 1. The van der Waals surface area contributed by atoms with Gasteiger partial charge in [-0.3, -0.25) is 4.79 Å². The van der Waals surface area contributed by atoms with E-state index in [2.05, 4.69) is 10.3 Å². The highest BCUT2D eigenvalue weighted by Crippen LogP contribution is 2.22. The van der Waals surface area contributed by atoms with Crippen LogP contribution >= 0.6 is 11.3 Å². The molecule has 6 nitrogen and oxygen atoms in total. The van der Waals surface area contributed by atoms with Crippen molar-refractivity contribution in [2.75, 3.05) is 13.1 Å². The molecule has 0 spiro atoms. The van der Waals surface area contributed by atoms with Crippen LogP contribution in [-0.4, -0.2) is 46.6 Å². The number of likely N-dealkylation sites (tertiary alicyclic amines) is 1. The molecule has 0 bridgehead atoms. The molecule has 0 aliphatic carbocycles. The maximum Gasteiger partial charge on any atom is 0.407 e. The molecule has 0 radical (unpaired) electrons. The summed E-state index contributed by atoms with van der Waals surface area (Å²) in [7, 11) is 0. The molecule has 1 aliphatic heterocycles. The fraction of sp³-hybridized carbons (Fsp3) is 0.500. The van der Waals surface area contributed by atoms with Gasteiger partial charge in [-0.05, 0) is 51.7 Å². The Morgan fingerprint density at radius 2 is 2.07 bits per heavy atom. The number of carbonyl (C=O) groups excluding carboxylic acids is 2. The predicted octanol–water partition coefficient (Wildman–Crippen LogP) is 4.39. The van der Waals surface area contributed by atoms with Crippen LogP contribution in [0.25, 0.3) is 0 Å². The third kappa shape index (κ3) is 6.01. The second-order valence-electron chi connectivity index (χ2n) is 8.43. The number of halogens is 1. The van der Waals surface area contributed by atoms with E-state index >= 15 is 0 Å². The van der Waals surface area contributed by atoms with E-state index in [0.29, 0.717) is 35.8 Å². The summed E-state index contributed by atoms with van der Waals surface area (Å²) in [4.78, 5) is 31.3. The predicted molar refractivity (Wildman–Crippen MR) is 114 cm³/mol. The van der Waals surface area contributed by atoms with Crippen molar-refractivity contribution in [2.45, 2.75) is 58.1 Å². The van der Waals surface area contributed by atoms with Gasteiger partial charge in [0.15, 0.2) is 0 Å². The van der Waals surface area contributed by atoms with Gasteiger partial charge in [0, 0.05) is 30.9 Å². The number of hydrogen-bond acceptors (Lipinski definition) is 5. The van der Waals surface area contributed by atoms with Gasteiger partial charge in [-0.2, -0.15) is 0 Å². The SMILES string of the molecule is CC(C)(C)OC(=O)NC[C@@H]1CCCCN1C(=O)c1csc(Cc2ccccc2F)n1. The summed E-state index contributed by atoms with van der Waals surface area (Å²) >= 11 is 1.36. The van der Waals surface area contributed by atoms with Gasteiger partial charge in [-0.15, -0.1) is 11.3 Å². The second-order valence-corrected chi connectivity index (χ2v) is 9.37. The fourth-order valence-corrected chi connectivity index (χ4v) is 4.23. The van der Waals surface area contributed by atoms with Crippen LogP contribution in [0, 0.1) is 5.82 Å². The highest BCUT2D eigenvalue weighted by atomic mass is 32.1. The molecule has 0 unspecified atom stereocenters. The summed E-state index contributed by atoms with van der Waals surface area (Å²) in [5.74, 6) is -0.424. The summed E-state index contributed by atoms with van der Waals surface area (Å²) in [6, 6.07) is 6.48. The Bertz CT molecular complexity index is 894. The standard InChI is InChI=1S/C22H28FN3O3S/c1-22(2,3)29-21(28)24-13-16-9-6-7-11-26(16)20(27)18-14-30-19(25-18)12-15-8-4-5-10-17(15)23/h4-5,8,10,14,16H,6-7,9,11-13H2,1-3H3,(H,24,28)/t16-/m0/s1. The van der Waals surface area contributed by atoms with Gasteiger partial charge in [0.1, 0.15) is 17.1 Å². The van der Waals surface area contributed by atoms with Gasteiger partial charge in [0.05, 0.1) is 5.01 Å². The van der Waals surface area contributed by atoms with Crippen LogP contribution in [0.4, 0.5) is 9.18 Å². The molecule has 3 rings (SSSR count). The molecule has 2 heterocycles. The van der Waals surface area contributed by atoms with E-state index in [4.69, 9.17) is 4.74 Å². The smallest absolute Gasteiger partial charge is 0.407 e. The van der Waals surface area contributed by atoms with E-state index in [1.54, 1.807) is 28.5 Å². The number of ether oxygens (including phenoxy) is 1. The molecular weight excluding hydrogens is 405 g/mol. The maximum absolute atomic E-state index is 13.9. The first-order valence-corrected chi connectivity index (χ1v) is 11.1. The molecule has 1 aromatic heterocycles. The molecule has 1 saturated heterocycles. The average molecular weight is 434 g/mol. The van der Waals surface area contributed by atoms with Crippen LogP contribution in [0.5, 0.6) is 0 Å². The lowest BCUT2D eigenvalue weighted by Gasteiger charge is -2.35. The topological polar surface area (TPSA) is 71.5 Å². The monoisotopic (exact) mass is 433 g/mol. The molecule has 162 valence electrons. The minimum Gasteiger partial charge on any atom is -0.444 e. The minimum atomic E-state index is -0.568. The average Bonchev–Trinajstić information content (AvgIpc) is 3.15. The van der Waals surface area contributed by atoms with Crippen molar-refractivity contribution in [3.8, 4) is 0 Å². The quantitative estimate of drug-likeness (QED) is 0.759. The van der Waals surface area contributed by atoms with E-state index in [-0.39, 0.29) is 17.8 Å². The number of amides is 2. The van der Waals surface area contributed by atoms with Crippen molar-refractivity contribution in [1.82, 2.24) is 15.2 Å². The number of thiazole rings is 1. The zero-order chi connectivity index (χ0) is 21.7. The van der Waals surface area contributed by atoms with Gasteiger partial charge in [-0.25, -0.2) is 14.2 Å². The van der Waals surface area contributed by atoms with Crippen molar-refractivity contribution < 1.29 is 18.7 Å². The van der Waals surface area contributed by atoms with Gasteiger partial charge >= 0.3 is 6.09 Å². The lowest BCUT2D eigenvalue weighted by atomic mass is 10.0. The molecular formula is C22H28FN3O3S. The molecule has 8 heteroatoms. The van der Waals surface area contributed by atoms with Crippen molar-refractivity contribution in [1.29, 1.82) is 0 Å². The van der Waals surface area contributed by atoms with Crippen molar-refractivity contribution in [2.24, 2.45) is 0 Å². The number of benzene rings is 1. The molecule has 30 heavy (non-hydrogen) atoms. The van der Waals surface area contributed by atoms with Crippen molar-refractivity contribution >= 4 is 23.3 Å². The number of rotatable bonds is 5. The van der Waals surface area contributed by atoms with Crippen LogP contribution in [0.2, 0.25) is 0 Å². The van der Waals surface area contributed by atoms with Gasteiger partial charge in [-0.1, -0.05) is 18.2 Å². The number of nitrogens with one attached hydrogen (secondary N) is 1. The lowest BCUT2D eigenvalue weighted by molar-refractivity contribution is 0.0461. The van der Waals surface area contributed by atoms with E-state index in [1.807, 2.05) is 20.8 Å². The lowest BCUT2D eigenvalue weighted by Crippen LogP contribution is -2.50. The Balaban J connectivity index is 1.63. The highest BCUT2D eigenvalue weighted by molar-refractivity contribution is 7.09. The van der Waals surface area contributed by atoms with Crippen molar-refractivity contribution in [3.05, 3.63) is 51.7 Å². The Hall–Kier alpha value is -2.48. The summed E-state index contributed by atoms with van der Waals surface area (Å²) < 4.78 is 19.2. The van der Waals surface area contributed by atoms with Crippen LogP contribution in [0.1, 0.15) is 61.1 Å². The Kier molecular flexibility index (Phi) is 7.07. The number of carbonyl (C=O) groups is 2. The Morgan fingerprint density at radius 1 is 1.30 bits per heavy atom. The molecule has 1 aromatic carbocycles. The van der Waals surface area contributed by atoms with Gasteiger partial charge < -0.3 is 15.0 Å². The highest BCUT2D eigenvalue weighted by Gasteiger charge is 2.29. The minimum absolute atomic E-state index is 0.101. The molecule has 0 saturated carbocycles. The van der Waals surface area contributed by atoms with Crippen LogP contribution in [-0.2, 0) is 11.2 Å². The Morgan fingerprint density at radius 3 is 2.80 bits per heavy atom. The molecule has 1 atom stereocenters.